The Morgan fingerprint density at radius 2 is 1.94 bits per heavy atom. The van der Waals surface area contributed by atoms with Gasteiger partial charge in [0.05, 0.1) is 13.0 Å². The first-order valence-corrected chi connectivity index (χ1v) is 4.71. The number of ether oxygens (including phenoxy) is 1. The van der Waals surface area contributed by atoms with E-state index >= 15 is 0 Å². The molecule has 2 unspecified atom stereocenters. The summed E-state index contributed by atoms with van der Waals surface area (Å²) in [6, 6.07) is -1.17. The van der Waals surface area contributed by atoms with Crippen molar-refractivity contribution in [2.45, 2.75) is 25.8 Å². The van der Waals surface area contributed by atoms with Crippen molar-refractivity contribution < 1.29 is 29.3 Å². The highest BCUT2D eigenvalue weighted by atomic mass is 16.6. The summed E-state index contributed by atoms with van der Waals surface area (Å²) in [6.45, 7) is 1.04. The maximum Gasteiger partial charge on any atom is 0.330 e. The first kappa shape index (κ1) is 14.5. The van der Waals surface area contributed by atoms with Crippen LogP contribution in [0.3, 0.4) is 0 Å². The summed E-state index contributed by atoms with van der Waals surface area (Å²) >= 11 is 0. The van der Waals surface area contributed by atoms with Crippen molar-refractivity contribution in [3.05, 3.63) is 0 Å². The molecule has 0 radical (unpaired) electrons. The van der Waals surface area contributed by atoms with E-state index in [1.807, 2.05) is 0 Å². The van der Waals surface area contributed by atoms with Gasteiger partial charge in [0, 0.05) is 6.42 Å². The van der Waals surface area contributed by atoms with Gasteiger partial charge < -0.3 is 20.7 Å². The molecule has 0 fully saturated rings. The average molecular weight is 233 g/mol. The molecule has 0 bridgehead atoms. The molecule has 0 aliphatic rings. The van der Waals surface area contributed by atoms with Crippen LogP contribution in [-0.4, -0.2) is 40.8 Å². The van der Waals surface area contributed by atoms with Gasteiger partial charge >= 0.3 is 17.9 Å². The van der Waals surface area contributed by atoms with E-state index in [4.69, 9.17) is 15.9 Å². The first-order chi connectivity index (χ1) is 7.38. The molecule has 0 saturated heterocycles. The van der Waals surface area contributed by atoms with Crippen molar-refractivity contribution in [2.75, 3.05) is 6.61 Å². The standard InChI is InChI=1S/C9H15NO6/c1-5(4-6(12)13)8(10)9(15)16-7(14)2-3-11/h5,8,11H,2-4,10H2,1H3,(H,12,13). The molecule has 0 rings (SSSR count). The number of aliphatic hydroxyl groups excluding tert-OH is 1. The van der Waals surface area contributed by atoms with Gasteiger partial charge in [-0.25, -0.2) is 4.79 Å². The smallest absolute Gasteiger partial charge is 0.330 e. The maximum atomic E-state index is 11.2. The van der Waals surface area contributed by atoms with Crippen LogP contribution in [0.5, 0.6) is 0 Å². The quantitative estimate of drug-likeness (QED) is 0.391. The second kappa shape index (κ2) is 6.91. The summed E-state index contributed by atoms with van der Waals surface area (Å²) in [4.78, 5) is 32.4. The molecule has 2 atom stereocenters. The Morgan fingerprint density at radius 1 is 1.38 bits per heavy atom. The van der Waals surface area contributed by atoms with Gasteiger partial charge in [-0.1, -0.05) is 6.92 Å². The van der Waals surface area contributed by atoms with Gasteiger partial charge in [-0.05, 0) is 5.92 Å². The Labute approximate surface area is 92.2 Å². The Hall–Kier alpha value is -1.47. The second-order valence-corrected chi connectivity index (χ2v) is 3.37. The van der Waals surface area contributed by atoms with E-state index in [1.165, 1.54) is 6.92 Å². The minimum Gasteiger partial charge on any atom is -0.481 e. The van der Waals surface area contributed by atoms with E-state index < -0.39 is 36.5 Å². The number of aliphatic carboxylic acids is 1. The number of carboxylic acids is 1. The number of esters is 2. The topological polar surface area (TPSA) is 127 Å². The zero-order valence-electron chi connectivity index (χ0n) is 8.88. The number of nitrogens with two attached hydrogens (primary N) is 1. The van der Waals surface area contributed by atoms with Crippen LogP contribution in [0.15, 0.2) is 0 Å². The number of rotatable bonds is 6. The van der Waals surface area contributed by atoms with Crippen molar-refractivity contribution in [3.8, 4) is 0 Å². The van der Waals surface area contributed by atoms with Crippen molar-refractivity contribution in [3.63, 3.8) is 0 Å². The lowest BCUT2D eigenvalue weighted by molar-refractivity contribution is -0.161. The van der Waals surface area contributed by atoms with Gasteiger partial charge in [0.2, 0.25) is 0 Å². The van der Waals surface area contributed by atoms with Crippen LogP contribution >= 0.6 is 0 Å². The summed E-state index contributed by atoms with van der Waals surface area (Å²) in [6.07, 6.45) is -0.587. The first-order valence-electron chi connectivity index (χ1n) is 4.71. The summed E-state index contributed by atoms with van der Waals surface area (Å²) in [5.41, 5.74) is 5.40. The molecule has 0 saturated carbocycles. The molecule has 0 aliphatic heterocycles. The Bertz CT molecular complexity index is 277. The highest BCUT2D eigenvalue weighted by Gasteiger charge is 2.25. The summed E-state index contributed by atoms with van der Waals surface area (Å²) in [5, 5.41) is 16.9. The number of carbonyl (C=O) groups is 3. The van der Waals surface area contributed by atoms with E-state index in [0.29, 0.717) is 0 Å². The molecule has 0 aromatic rings. The SMILES string of the molecule is CC(CC(=O)O)C(N)C(=O)OC(=O)CCO. The van der Waals surface area contributed by atoms with Crippen LogP contribution in [0.1, 0.15) is 19.8 Å². The van der Waals surface area contributed by atoms with Crippen LogP contribution in [0, 0.1) is 5.92 Å². The second-order valence-electron chi connectivity index (χ2n) is 3.37. The van der Waals surface area contributed by atoms with E-state index in [1.54, 1.807) is 0 Å². The molecular formula is C9H15NO6. The molecular weight excluding hydrogens is 218 g/mol. The highest BCUT2D eigenvalue weighted by molar-refractivity contribution is 5.88. The van der Waals surface area contributed by atoms with Gasteiger partial charge in [0.25, 0.3) is 0 Å². The summed E-state index contributed by atoms with van der Waals surface area (Å²) in [5.74, 6) is -3.58. The third kappa shape index (κ3) is 5.42. The number of carbonyl (C=O) groups excluding carboxylic acids is 2. The van der Waals surface area contributed by atoms with Crippen LogP contribution in [0.4, 0.5) is 0 Å². The normalized spacial score (nSPS) is 13.9. The van der Waals surface area contributed by atoms with Gasteiger partial charge in [-0.15, -0.1) is 0 Å². The van der Waals surface area contributed by atoms with Gasteiger partial charge in [-0.3, -0.25) is 9.59 Å². The molecule has 0 spiro atoms. The number of carboxylic acid groups (broad SMARTS) is 1. The predicted molar refractivity (Wildman–Crippen MR) is 52.2 cm³/mol. The molecule has 0 amide bonds. The van der Waals surface area contributed by atoms with Crippen LogP contribution < -0.4 is 5.73 Å². The van der Waals surface area contributed by atoms with Crippen LogP contribution in [-0.2, 0) is 19.1 Å². The Balaban J connectivity index is 4.16. The molecule has 0 aromatic heterocycles. The monoisotopic (exact) mass is 233 g/mol. The van der Waals surface area contributed by atoms with Gasteiger partial charge in [-0.2, -0.15) is 0 Å². The van der Waals surface area contributed by atoms with Crippen molar-refractivity contribution in [1.29, 1.82) is 0 Å². The molecule has 16 heavy (non-hydrogen) atoms. The zero-order valence-corrected chi connectivity index (χ0v) is 8.88. The molecule has 7 heteroatoms. The minimum atomic E-state index is -1.17. The Morgan fingerprint density at radius 3 is 2.38 bits per heavy atom. The van der Waals surface area contributed by atoms with Crippen molar-refractivity contribution in [1.82, 2.24) is 0 Å². The van der Waals surface area contributed by atoms with Crippen molar-refractivity contribution in [2.24, 2.45) is 11.7 Å². The van der Waals surface area contributed by atoms with E-state index in [2.05, 4.69) is 4.74 Å². The fourth-order valence-corrected chi connectivity index (χ4v) is 0.957. The van der Waals surface area contributed by atoms with E-state index in [-0.39, 0.29) is 12.8 Å². The lowest BCUT2D eigenvalue weighted by atomic mass is 9.99. The average Bonchev–Trinajstić information content (AvgIpc) is 2.15. The summed E-state index contributed by atoms with van der Waals surface area (Å²) in [7, 11) is 0. The molecule has 0 aliphatic carbocycles. The van der Waals surface area contributed by atoms with E-state index in [9.17, 15) is 14.4 Å². The molecule has 0 heterocycles. The number of aliphatic hydroxyl groups is 1. The van der Waals surface area contributed by atoms with Crippen LogP contribution in [0.25, 0.3) is 0 Å². The highest BCUT2D eigenvalue weighted by Crippen LogP contribution is 2.08. The Kier molecular flexibility index (Phi) is 6.28. The summed E-state index contributed by atoms with van der Waals surface area (Å²) < 4.78 is 4.30. The molecule has 0 aromatic carbocycles. The number of hydrogen-bond acceptors (Lipinski definition) is 6. The zero-order chi connectivity index (χ0) is 12.7. The molecule has 7 nitrogen and oxygen atoms in total. The van der Waals surface area contributed by atoms with E-state index in [0.717, 1.165) is 0 Å². The van der Waals surface area contributed by atoms with Gasteiger partial charge in [0.1, 0.15) is 6.04 Å². The lowest BCUT2D eigenvalue weighted by Gasteiger charge is -2.15. The molecule has 92 valence electrons. The van der Waals surface area contributed by atoms with Gasteiger partial charge in [0.15, 0.2) is 0 Å². The molecule has 4 N–H and O–H groups in total. The minimum absolute atomic E-state index is 0.287. The largest absolute Gasteiger partial charge is 0.481 e. The fourth-order valence-electron chi connectivity index (χ4n) is 0.957. The third-order valence-corrected chi connectivity index (χ3v) is 1.91. The van der Waals surface area contributed by atoms with Crippen molar-refractivity contribution >= 4 is 17.9 Å². The number of hydrogen-bond donors (Lipinski definition) is 3. The predicted octanol–water partition coefficient (Wildman–Crippen LogP) is -1.12. The third-order valence-electron chi connectivity index (χ3n) is 1.91. The maximum absolute atomic E-state index is 11.2. The fraction of sp³-hybridized carbons (Fsp3) is 0.667. The van der Waals surface area contributed by atoms with Crippen LogP contribution in [0.2, 0.25) is 0 Å². The lowest BCUT2D eigenvalue weighted by Crippen LogP contribution is -2.40.